The number of amides is 2. The van der Waals surface area contributed by atoms with Crippen LogP contribution in [-0.4, -0.2) is 15.5 Å². The monoisotopic (exact) mass is 463 g/mol. The lowest BCUT2D eigenvalue weighted by atomic mass is 9.95. The molecule has 1 aliphatic heterocycles. The second-order valence-electron chi connectivity index (χ2n) is 8.28. The van der Waals surface area contributed by atoms with E-state index >= 15 is 0 Å². The van der Waals surface area contributed by atoms with Gasteiger partial charge in [0, 0.05) is 27.2 Å². The summed E-state index contributed by atoms with van der Waals surface area (Å²) in [5.41, 5.74) is 4.39. The maximum Gasteiger partial charge on any atom is 0.323 e. The summed E-state index contributed by atoms with van der Waals surface area (Å²) < 4.78 is 15.7. The molecule has 2 amide bonds. The molecule has 32 heavy (non-hydrogen) atoms. The molecule has 6 rings (SSSR count). The van der Waals surface area contributed by atoms with Gasteiger partial charge in [0.1, 0.15) is 16.9 Å². The molecule has 1 atom stereocenters. The number of fused-ring (bicyclic) bond motifs is 5. The van der Waals surface area contributed by atoms with Crippen molar-refractivity contribution in [2.24, 2.45) is 0 Å². The Morgan fingerprint density at radius 2 is 1.88 bits per heavy atom. The second-order valence-corrected chi connectivity index (χ2v) is 10.3. The number of hydrogen-bond donors (Lipinski definition) is 1. The SMILES string of the molecule is O=C(Nc1ccc(F)cc1)N1Cc2c(sc3c2CCCC3)-n2cccc2[C@H]1c1cccs1. The maximum atomic E-state index is 13.7. The number of carbonyl (C=O) groups excluding carboxylic acids is 1. The van der Waals surface area contributed by atoms with Crippen LogP contribution in [0.25, 0.3) is 5.00 Å². The topological polar surface area (TPSA) is 37.3 Å². The number of nitrogens with zero attached hydrogens (tertiary/aromatic N) is 2. The van der Waals surface area contributed by atoms with E-state index in [-0.39, 0.29) is 17.9 Å². The van der Waals surface area contributed by atoms with Crippen molar-refractivity contribution in [1.82, 2.24) is 9.47 Å². The molecule has 1 aromatic carbocycles. The highest BCUT2D eigenvalue weighted by Gasteiger charge is 2.36. The molecule has 4 heterocycles. The van der Waals surface area contributed by atoms with Crippen LogP contribution in [0.1, 0.15) is 45.5 Å². The lowest BCUT2D eigenvalue weighted by Gasteiger charge is -2.30. The summed E-state index contributed by atoms with van der Waals surface area (Å²) in [6.45, 7) is 0.554. The predicted octanol–water partition coefficient (Wildman–Crippen LogP) is 6.76. The number of urea groups is 1. The summed E-state index contributed by atoms with van der Waals surface area (Å²) in [6.07, 6.45) is 6.76. The normalized spacial score (nSPS) is 17.3. The number of aryl methyl sites for hydroxylation is 1. The number of nitrogens with one attached hydrogen (secondary N) is 1. The first-order valence-corrected chi connectivity index (χ1v) is 12.6. The van der Waals surface area contributed by atoms with Crippen LogP contribution in [0, 0.1) is 5.82 Å². The highest BCUT2D eigenvalue weighted by Crippen LogP contribution is 2.44. The summed E-state index contributed by atoms with van der Waals surface area (Å²) in [5, 5.41) is 6.31. The van der Waals surface area contributed by atoms with E-state index in [2.05, 4.69) is 39.7 Å². The minimum atomic E-state index is -0.318. The van der Waals surface area contributed by atoms with Crippen LogP contribution in [0.15, 0.2) is 60.1 Å². The van der Waals surface area contributed by atoms with Gasteiger partial charge in [0.15, 0.2) is 0 Å². The molecule has 0 spiro atoms. The molecule has 0 fully saturated rings. The Morgan fingerprint density at radius 3 is 2.69 bits per heavy atom. The molecule has 2 aliphatic rings. The average Bonchev–Trinajstić information content (AvgIpc) is 3.55. The Bertz CT molecular complexity index is 1270. The first kappa shape index (κ1) is 19.8. The molecule has 0 saturated carbocycles. The van der Waals surface area contributed by atoms with E-state index in [0.717, 1.165) is 23.4 Å². The van der Waals surface area contributed by atoms with E-state index in [1.54, 1.807) is 23.5 Å². The van der Waals surface area contributed by atoms with Crippen LogP contribution in [0.2, 0.25) is 0 Å². The summed E-state index contributed by atoms with van der Waals surface area (Å²) in [7, 11) is 0. The van der Waals surface area contributed by atoms with E-state index in [1.165, 1.54) is 46.0 Å². The zero-order valence-electron chi connectivity index (χ0n) is 17.4. The summed E-state index contributed by atoms with van der Waals surface area (Å²) in [5.74, 6) is -0.318. The number of halogens is 1. The molecule has 3 aromatic heterocycles. The van der Waals surface area contributed by atoms with Crippen molar-refractivity contribution in [3.63, 3.8) is 0 Å². The molecule has 4 aromatic rings. The van der Waals surface area contributed by atoms with Gasteiger partial charge in [-0.1, -0.05) is 6.07 Å². The zero-order valence-corrected chi connectivity index (χ0v) is 19.0. The maximum absolute atomic E-state index is 13.7. The fourth-order valence-electron chi connectivity index (χ4n) is 4.86. The van der Waals surface area contributed by atoms with Gasteiger partial charge < -0.3 is 14.8 Å². The van der Waals surface area contributed by atoms with Gasteiger partial charge in [-0.3, -0.25) is 0 Å². The number of hydrogen-bond acceptors (Lipinski definition) is 3. The third kappa shape index (κ3) is 3.27. The average molecular weight is 464 g/mol. The molecular formula is C25H22FN3OS2. The summed E-state index contributed by atoms with van der Waals surface area (Å²) in [6, 6.07) is 13.9. The Morgan fingerprint density at radius 1 is 1.03 bits per heavy atom. The van der Waals surface area contributed by atoms with Crippen molar-refractivity contribution < 1.29 is 9.18 Å². The van der Waals surface area contributed by atoms with Crippen molar-refractivity contribution in [3.05, 3.63) is 92.5 Å². The molecule has 7 heteroatoms. The van der Waals surface area contributed by atoms with Crippen molar-refractivity contribution >= 4 is 34.4 Å². The van der Waals surface area contributed by atoms with Crippen molar-refractivity contribution in [2.45, 2.75) is 38.3 Å². The third-order valence-electron chi connectivity index (χ3n) is 6.35. The van der Waals surface area contributed by atoms with Gasteiger partial charge in [-0.2, -0.15) is 0 Å². The number of benzene rings is 1. The van der Waals surface area contributed by atoms with Gasteiger partial charge in [0.25, 0.3) is 0 Å². The Kier molecular flexibility index (Phi) is 4.88. The van der Waals surface area contributed by atoms with Crippen LogP contribution in [0.4, 0.5) is 14.9 Å². The Balaban J connectivity index is 1.48. The molecule has 162 valence electrons. The van der Waals surface area contributed by atoms with Gasteiger partial charge in [0.2, 0.25) is 0 Å². The Labute approximate surface area is 193 Å². The van der Waals surface area contributed by atoms with E-state index in [1.807, 2.05) is 22.3 Å². The van der Waals surface area contributed by atoms with E-state index in [0.29, 0.717) is 12.2 Å². The third-order valence-corrected chi connectivity index (χ3v) is 8.61. The quantitative estimate of drug-likeness (QED) is 0.351. The molecule has 0 unspecified atom stereocenters. The molecular weight excluding hydrogens is 441 g/mol. The number of anilines is 1. The van der Waals surface area contributed by atoms with Crippen LogP contribution in [-0.2, 0) is 19.4 Å². The van der Waals surface area contributed by atoms with Gasteiger partial charge in [-0.15, -0.1) is 22.7 Å². The molecule has 1 N–H and O–H groups in total. The largest absolute Gasteiger partial charge is 0.323 e. The Hall–Kier alpha value is -2.90. The highest BCUT2D eigenvalue weighted by molar-refractivity contribution is 7.15. The predicted molar refractivity (Wildman–Crippen MR) is 127 cm³/mol. The first-order chi connectivity index (χ1) is 15.7. The molecule has 0 saturated heterocycles. The van der Waals surface area contributed by atoms with Gasteiger partial charge >= 0.3 is 6.03 Å². The van der Waals surface area contributed by atoms with Gasteiger partial charge in [-0.25, -0.2) is 9.18 Å². The lowest BCUT2D eigenvalue weighted by molar-refractivity contribution is 0.195. The lowest BCUT2D eigenvalue weighted by Crippen LogP contribution is -2.37. The number of aromatic nitrogens is 1. The summed E-state index contributed by atoms with van der Waals surface area (Å²) >= 11 is 3.55. The summed E-state index contributed by atoms with van der Waals surface area (Å²) in [4.78, 5) is 18.2. The number of carbonyl (C=O) groups is 1. The first-order valence-electron chi connectivity index (χ1n) is 10.9. The minimum absolute atomic E-state index is 0.175. The van der Waals surface area contributed by atoms with Crippen molar-refractivity contribution in [1.29, 1.82) is 0 Å². The fourth-order valence-corrected chi connectivity index (χ4v) is 7.11. The smallest absolute Gasteiger partial charge is 0.310 e. The zero-order chi connectivity index (χ0) is 21.7. The number of rotatable bonds is 2. The minimum Gasteiger partial charge on any atom is -0.310 e. The van der Waals surface area contributed by atoms with Crippen LogP contribution >= 0.6 is 22.7 Å². The van der Waals surface area contributed by atoms with Crippen molar-refractivity contribution in [3.8, 4) is 5.00 Å². The molecule has 0 radical (unpaired) electrons. The van der Waals surface area contributed by atoms with Crippen LogP contribution < -0.4 is 5.32 Å². The number of thiophene rings is 2. The van der Waals surface area contributed by atoms with E-state index < -0.39 is 0 Å². The van der Waals surface area contributed by atoms with E-state index in [9.17, 15) is 9.18 Å². The second kappa shape index (κ2) is 7.90. The highest BCUT2D eigenvalue weighted by atomic mass is 32.1. The molecule has 4 nitrogen and oxygen atoms in total. The van der Waals surface area contributed by atoms with Gasteiger partial charge in [-0.05, 0) is 79.1 Å². The molecule has 0 bridgehead atoms. The van der Waals surface area contributed by atoms with Crippen LogP contribution in [0.5, 0.6) is 0 Å². The van der Waals surface area contributed by atoms with Crippen LogP contribution in [0.3, 0.4) is 0 Å². The fraction of sp³-hybridized carbons (Fsp3) is 0.240. The van der Waals surface area contributed by atoms with E-state index in [4.69, 9.17) is 0 Å². The molecule has 1 aliphatic carbocycles. The van der Waals surface area contributed by atoms with Gasteiger partial charge in [0.05, 0.1) is 12.2 Å². The van der Waals surface area contributed by atoms with Crippen molar-refractivity contribution in [2.75, 3.05) is 5.32 Å². The standard InChI is InChI=1S/C25H22FN3OS2/c26-16-9-11-17(12-10-16)27-25(30)29-15-19-18-5-1-2-7-21(18)32-24(19)28-13-3-6-20(28)23(29)22-8-4-14-31-22/h3-4,6,8-14,23H,1-2,5,7,15H2,(H,27,30)/t23-/m0/s1.